The number of benzene rings is 1. The van der Waals surface area contributed by atoms with Gasteiger partial charge in [-0.15, -0.1) is 0 Å². The zero-order valence-electron chi connectivity index (χ0n) is 10.6. The maximum atomic E-state index is 4.12. The summed E-state index contributed by atoms with van der Waals surface area (Å²) < 4.78 is 0. The van der Waals surface area contributed by atoms with E-state index in [0.717, 1.165) is 12.1 Å². The second-order valence-corrected chi connectivity index (χ2v) is 4.35. The third-order valence-electron chi connectivity index (χ3n) is 3.01. The smallest absolute Gasteiger partial charge is 0.0296 e. The molecule has 18 heavy (non-hydrogen) atoms. The quantitative estimate of drug-likeness (QED) is 0.863. The maximum absolute atomic E-state index is 4.12. The highest BCUT2D eigenvalue weighted by atomic mass is 14.9. The summed E-state index contributed by atoms with van der Waals surface area (Å²) in [6.07, 6.45) is 3.64. The van der Waals surface area contributed by atoms with Gasteiger partial charge in [0.05, 0.1) is 0 Å². The molecule has 0 aliphatic heterocycles. The van der Waals surface area contributed by atoms with Gasteiger partial charge in [0, 0.05) is 25.0 Å². The van der Waals surface area contributed by atoms with Gasteiger partial charge < -0.3 is 5.32 Å². The molecule has 1 unspecified atom stereocenters. The van der Waals surface area contributed by atoms with Crippen LogP contribution >= 0.6 is 0 Å². The van der Waals surface area contributed by atoms with Crippen molar-refractivity contribution in [3.05, 3.63) is 72.6 Å². The van der Waals surface area contributed by atoms with E-state index in [0.29, 0.717) is 6.04 Å². The zero-order valence-corrected chi connectivity index (χ0v) is 10.6. The Morgan fingerprint density at radius 2 is 1.83 bits per heavy atom. The van der Waals surface area contributed by atoms with E-state index in [4.69, 9.17) is 0 Å². The minimum Gasteiger partial charge on any atom is -0.306 e. The molecule has 2 aromatic rings. The molecule has 2 rings (SSSR count). The van der Waals surface area contributed by atoms with Crippen LogP contribution in [-0.4, -0.2) is 11.5 Å². The van der Waals surface area contributed by atoms with Gasteiger partial charge in [-0.25, -0.2) is 0 Å². The van der Waals surface area contributed by atoms with Crippen molar-refractivity contribution in [1.82, 2.24) is 10.3 Å². The molecule has 0 aliphatic rings. The van der Waals surface area contributed by atoms with E-state index in [-0.39, 0.29) is 0 Å². The summed E-state index contributed by atoms with van der Waals surface area (Å²) in [6, 6.07) is 14.6. The molecule has 2 nitrogen and oxygen atoms in total. The first-order chi connectivity index (χ1) is 8.77. The maximum Gasteiger partial charge on any atom is 0.0296 e. The van der Waals surface area contributed by atoms with Crippen LogP contribution in [0.25, 0.3) is 5.57 Å². The second kappa shape index (κ2) is 6.12. The molecule has 0 saturated carbocycles. The van der Waals surface area contributed by atoms with Crippen LogP contribution in [-0.2, 0) is 0 Å². The first kappa shape index (κ1) is 12.5. The molecule has 0 spiro atoms. The Bertz CT molecular complexity index is 491. The van der Waals surface area contributed by atoms with Crippen LogP contribution in [0.4, 0.5) is 0 Å². The van der Waals surface area contributed by atoms with E-state index in [9.17, 15) is 0 Å². The molecule has 1 heterocycles. The first-order valence-electron chi connectivity index (χ1n) is 6.14. The molecular weight excluding hydrogens is 220 g/mol. The molecule has 0 bridgehead atoms. The molecule has 0 radical (unpaired) electrons. The topological polar surface area (TPSA) is 24.9 Å². The van der Waals surface area contributed by atoms with E-state index in [1.807, 2.05) is 42.7 Å². The van der Waals surface area contributed by atoms with Crippen molar-refractivity contribution in [2.24, 2.45) is 0 Å². The fourth-order valence-corrected chi connectivity index (χ4v) is 1.82. The van der Waals surface area contributed by atoms with Crippen LogP contribution in [0, 0.1) is 0 Å². The summed E-state index contributed by atoms with van der Waals surface area (Å²) in [6.45, 7) is 7.05. The fourth-order valence-electron chi connectivity index (χ4n) is 1.82. The molecule has 0 amide bonds. The monoisotopic (exact) mass is 238 g/mol. The van der Waals surface area contributed by atoms with Crippen molar-refractivity contribution < 1.29 is 0 Å². The summed E-state index contributed by atoms with van der Waals surface area (Å²) in [5, 5.41) is 3.47. The normalized spacial score (nSPS) is 12.1. The van der Waals surface area contributed by atoms with Gasteiger partial charge in [-0.1, -0.05) is 36.9 Å². The average molecular weight is 238 g/mol. The Morgan fingerprint density at radius 1 is 1.17 bits per heavy atom. The molecule has 1 N–H and O–H groups in total. The molecule has 0 saturated heterocycles. The van der Waals surface area contributed by atoms with Gasteiger partial charge in [0.1, 0.15) is 0 Å². The molecule has 0 fully saturated rings. The minimum atomic E-state index is 0.300. The third-order valence-corrected chi connectivity index (χ3v) is 3.01. The third kappa shape index (κ3) is 3.28. The van der Waals surface area contributed by atoms with E-state index < -0.39 is 0 Å². The number of rotatable bonds is 5. The summed E-state index contributed by atoms with van der Waals surface area (Å²) in [5.41, 5.74) is 3.54. The average Bonchev–Trinajstić information content (AvgIpc) is 2.46. The van der Waals surface area contributed by atoms with Crippen LogP contribution in [0.2, 0.25) is 0 Å². The Labute approximate surface area is 108 Å². The zero-order chi connectivity index (χ0) is 12.8. The highest BCUT2D eigenvalue weighted by molar-refractivity contribution is 5.64. The lowest BCUT2D eigenvalue weighted by Crippen LogP contribution is -2.20. The molecule has 92 valence electrons. The predicted octanol–water partition coefficient (Wildman–Crippen LogP) is 3.45. The Hall–Kier alpha value is -1.93. The van der Waals surface area contributed by atoms with Crippen LogP contribution in [0.3, 0.4) is 0 Å². The van der Waals surface area contributed by atoms with Crippen LogP contribution in [0.15, 0.2) is 61.4 Å². The van der Waals surface area contributed by atoms with Gasteiger partial charge in [0.2, 0.25) is 0 Å². The van der Waals surface area contributed by atoms with Crippen molar-refractivity contribution >= 4 is 5.57 Å². The number of aromatic nitrogens is 1. The van der Waals surface area contributed by atoms with Crippen LogP contribution < -0.4 is 5.32 Å². The highest BCUT2D eigenvalue weighted by Crippen LogP contribution is 2.14. The van der Waals surface area contributed by atoms with Gasteiger partial charge in [-0.2, -0.15) is 0 Å². The van der Waals surface area contributed by atoms with E-state index in [2.05, 4.69) is 35.9 Å². The molecule has 2 heteroatoms. The highest BCUT2D eigenvalue weighted by Gasteiger charge is 2.05. The van der Waals surface area contributed by atoms with Crippen LogP contribution in [0.1, 0.15) is 24.1 Å². The Balaban J connectivity index is 1.91. The minimum absolute atomic E-state index is 0.300. The van der Waals surface area contributed by atoms with Gasteiger partial charge in [-0.05, 0) is 35.8 Å². The summed E-state index contributed by atoms with van der Waals surface area (Å²) in [7, 11) is 0. The number of nitrogens with zero attached hydrogens (tertiary/aromatic N) is 1. The van der Waals surface area contributed by atoms with E-state index >= 15 is 0 Å². The number of nitrogens with one attached hydrogen (secondary N) is 1. The van der Waals surface area contributed by atoms with E-state index in [1.54, 1.807) is 0 Å². The Morgan fingerprint density at radius 3 is 2.50 bits per heavy atom. The number of pyridine rings is 1. The fraction of sp³-hybridized carbons (Fsp3) is 0.188. The largest absolute Gasteiger partial charge is 0.306 e. The SMILES string of the molecule is C=C(CNC(C)c1ccncc1)c1ccccc1. The molecular formula is C16H18N2. The van der Waals surface area contributed by atoms with Crippen molar-refractivity contribution in [1.29, 1.82) is 0 Å². The Kier molecular flexibility index (Phi) is 4.26. The number of hydrogen-bond acceptors (Lipinski definition) is 2. The number of hydrogen-bond donors (Lipinski definition) is 1. The van der Waals surface area contributed by atoms with Crippen molar-refractivity contribution in [3.63, 3.8) is 0 Å². The van der Waals surface area contributed by atoms with E-state index in [1.165, 1.54) is 11.1 Å². The van der Waals surface area contributed by atoms with Gasteiger partial charge in [0.25, 0.3) is 0 Å². The van der Waals surface area contributed by atoms with Crippen molar-refractivity contribution in [2.45, 2.75) is 13.0 Å². The van der Waals surface area contributed by atoms with Crippen LogP contribution in [0.5, 0.6) is 0 Å². The first-order valence-corrected chi connectivity index (χ1v) is 6.14. The molecule has 1 aromatic carbocycles. The summed E-state index contributed by atoms with van der Waals surface area (Å²) >= 11 is 0. The van der Waals surface area contributed by atoms with Crippen molar-refractivity contribution in [2.75, 3.05) is 6.54 Å². The van der Waals surface area contributed by atoms with Gasteiger partial charge >= 0.3 is 0 Å². The standard InChI is InChI=1S/C16H18N2/c1-13(15-6-4-3-5-7-15)12-18-14(2)16-8-10-17-11-9-16/h3-11,14,18H,1,12H2,2H3. The lowest BCUT2D eigenvalue weighted by Gasteiger charge is -2.15. The predicted molar refractivity (Wildman–Crippen MR) is 76.1 cm³/mol. The lowest BCUT2D eigenvalue weighted by molar-refractivity contribution is 0.622. The summed E-state index contributed by atoms with van der Waals surface area (Å²) in [4.78, 5) is 4.03. The second-order valence-electron chi connectivity index (χ2n) is 4.35. The molecule has 1 aromatic heterocycles. The van der Waals surface area contributed by atoms with Gasteiger partial charge in [0.15, 0.2) is 0 Å². The molecule has 1 atom stereocenters. The lowest BCUT2D eigenvalue weighted by atomic mass is 10.1. The van der Waals surface area contributed by atoms with Gasteiger partial charge in [-0.3, -0.25) is 4.98 Å². The summed E-state index contributed by atoms with van der Waals surface area (Å²) in [5.74, 6) is 0. The van der Waals surface area contributed by atoms with Crippen molar-refractivity contribution in [3.8, 4) is 0 Å². The molecule has 0 aliphatic carbocycles.